The summed E-state index contributed by atoms with van der Waals surface area (Å²) in [5, 5.41) is 10.6. The van der Waals surface area contributed by atoms with Crippen molar-refractivity contribution < 1.29 is 80.2 Å². The van der Waals surface area contributed by atoms with Crippen LogP contribution >= 0.6 is 15.6 Å². The number of esters is 3. The van der Waals surface area contributed by atoms with Crippen LogP contribution in [-0.4, -0.2) is 104 Å². The first-order chi connectivity index (χ1) is 45.8. The Balaban J connectivity index is 5.23. The molecule has 17 nitrogen and oxygen atoms in total. The van der Waals surface area contributed by atoms with Gasteiger partial charge in [-0.1, -0.05) is 276 Å². The van der Waals surface area contributed by atoms with Crippen LogP contribution in [0.1, 0.15) is 355 Å². The second-order valence-electron chi connectivity index (χ2n) is 25.9. The molecule has 0 amide bonds. The van der Waals surface area contributed by atoms with Gasteiger partial charge in [0.2, 0.25) is 0 Å². The summed E-state index contributed by atoms with van der Waals surface area (Å²) in [4.78, 5) is 70.3. The number of unbranched alkanes of at least 4 members (excludes halogenated alkanes) is 42. The van der Waals surface area contributed by atoms with E-state index in [1.54, 1.807) is 0 Å². The van der Waals surface area contributed by atoms with Gasteiger partial charge in [0.1, 0.15) is 31.7 Å². The van der Waals surface area contributed by atoms with Crippen LogP contribution in [0.15, 0.2) is 36.5 Å². The van der Waals surface area contributed by atoms with Crippen molar-refractivity contribution in [1.82, 2.24) is 0 Å². The molecule has 0 aromatic heterocycles. The van der Waals surface area contributed by atoms with E-state index in [0.29, 0.717) is 32.3 Å². The molecule has 94 heavy (non-hydrogen) atoms. The number of carbonyl (C=O) groups is 4. The smallest absolute Gasteiger partial charge is 0.463 e. The Hall–Kier alpha value is -2.56. The summed E-state index contributed by atoms with van der Waals surface area (Å²) in [5.74, 6) is -1.45. The van der Waals surface area contributed by atoms with Crippen LogP contribution in [0.2, 0.25) is 0 Å². The standard InChI is InChI=1S/C75H140O17P2/c1-4-7-10-13-16-19-22-25-26-31-35-40-45-50-55-60-74(79)87-67-72(92-75(80)61-56-51-46-41-36-30-24-21-18-15-12-9-6-3)69-91-94(83,84)89-65-70(77)64-88-93(81,82)90-68-71(85-63-58-53-48-43-38-33-28-27-32-37-42-47-52-57-62-76)66-86-73(78)59-54-49-44-39-34-29-23-20-17-14-11-8-5-2/h16,19,25-28,62,70-72,77H,4-15,17-18,20-24,29-61,63-69H2,1-3H3,(H,81,82)(H,83,84)/b19-16-,26-25-,28-27-/t70-,71+,72+/m0/s1. The van der Waals surface area contributed by atoms with Gasteiger partial charge in [-0.2, -0.15) is 0 Å². The predicted molar refractivity (Wildman–Crippen MR) is 382 cm³/mol. The molecule has 3 N–H and O–H groups in total. The van der Waals surface area contributed by atoms with Crippen molar-refractivity contribution in [2.45, 2.75) is 373 Å². The van der Waals surface area contributed by atoms with Crippen molar-refractivity contribution >= 4 is 39.8 Å². The molecule has 0 radical (unpaired) electrons. The van der Waals surface area contributed by atoms with E-state index in [9.17, 15) is 43.2 Å². The molecule has 0 aliphatic carbocycles. The van der Waals surface area contributed by atoms with Gasteiger partial charge in [-0.05, 0) is 89.9 Å². The van der Waals surface area contributed by atoms with Crippen LogP contribution in [0.4, 0.5) is 0 Å². The molecule has 5 atom stereocenters. The Bertz CT molecular complexity index is 1900. The number of rotatable bonds is 75. The van der Waals surface area contributed by atoms with Crippen molar-refractivity contribution in [3.05, 3.63) is 36.5 Å². The van der Waals surface area contributed by atoms with Crippen molar-refractivity contribution in [2.75, 3.05) is 46.2 Å². The van der Waals surface area contributed by atoms with Gasteiger partial charge in [0, 0.05) is 32.3 Å². The minimum Gasteiger partial charge on any atom is -0.463 e. The molecule has 0 fully saturated rings. The molecule has 0 aliphatic heterocycles. The number of allylic oxidation sites excluding steroid dienone is 6. The lowest BCUT2D eigenvalue weighted by molar-refractivity contribution is -0.161. The second kappa shape index (κ2) is 70.3. The minimum absolute atomic E-state index is 0.111. The third-order valence-corrected chi connectivity index (χ3v) is 18.5. The fourth-order valence-corrected chi connectivity index (χ4v) is 12.3. The number of aliphatic hydroxyl groups excluding tert-OH is 1. The molecular formula is C75H140O17P2. The number of hydrogen-bond acceptors (Lipinski definition) is 15. The fraction of sp³-hybridized carbons (Fsp3) is 0.867. The summed E-state index contributed by atoms with van der Waals surface area (Å²) in [5.41, 5.74) is 0. The summed E-state index contributed by atoms with van der Waals surface area (Å²) >= 11 is 0. The van der Waals surface area contributed by atoms with Gasteiger partial charge in [0.25, 0.3) is 0 Å². The monoisotopic (exact) mass is 1370 g/mol. The lowest BCUT2D eigenvalue weighted by Crippen LogP contribution is -2.30. The molecule has 0 heterocycles. The zero-order valence-electron chi connectivity index (χ0n) is 59.9. The van der Waals surface area contributed by atoms with E-state index in [0.717, 1.165) is 167 Å². The topological polar surface area (TPSA) is 237 Å². The first-order valence-corrected chi connectivity index (χ1v) is 41.2. The largest absolute Gasteiger partial charge is 0.472 e. The molecule has 0 spiro atoms. The van der Waals surface area contributed by atoms with Gasteiger partial charge in [-0.15, -0.1) is 0 Å². The zero-order valence-corrected chi connectivity index (χ0v) is 61.7. The Morgan fingerprint density at radius 2 is 0.628 bits per heavy atom. The van der Waals surface area contributed by atoms with Gasteiger partial charge in [-0.3, -0.25) is 32.5 Å². The predicted octanol–water partition coefficient (Wildman–Crippen LogP) is 21.2. The maximum Gasteiger partial charge on any atom is 0.472 e. The Morgan fingerprint density at radius 1 is 0.340 bits per heavy atom. The van der Waals surface area contributed by atoms with Crippen LogP contribution in [0.25, 0.3) is 0 Å². The molecule has 0 aliphatic rings. The number of phosphoric acid groups is 2. The van der Waals surface area contributed by atoms with E-state index in [1.807, 2.05) is 0 Å². The van der Waals surface area contributed by atoms with E-state index < -0.39 is 84.9 Å². The van der Waals surface area contributed by atoms with Crippen molar-refractivity contribution in [2.24, 2.45) is 0 Å². The van der Waals surface area contributed by atoms with Gasteiger partial charge in [0.15, 0.2) is 6.10 Å². The minimum atomic E-state index is -4.93. The maximum atomic E-state index is 13.1. The number of aldehydes is 1. The van der Waals surface area contributed by atoms with E-state index in [1.165, 1.54) is 128 Å². The molecule has 0 saturated carbocycles. The summed E-state index contributed by atoms with van der Waals surface area (Å²) in [6.07, 6.45) is 64.8. The van der Waals surface area contributed by atoms with Gasteiger partial charge in [-0.25, -0.2) is 9.13 Å². The molecule has 19 heteroatoms. The second-order valence-corrected chi connectivity index (χ2v) is 28.8. The Morgan fingerprint density at radius 3 is 1.02 bits per heavy atom. The highest BCUT2D eigenvalue weighted by Crippen LogP contribution is 2.45. The number of carbonyl (C=O) groups excluding carboxylic acids is 4. The van der Waals surface area contributed by atoms with E-state index in [4.69, 9.17) is 37.0 Å². The average molecular weight is 1380 g/mol. The third kappa shape index (κ3) is 69.3. The molecule has 0 rings (SSSR count). The molecule has 2 unspecified atom stereocenters. The molecule has 0 aromatic rings. The fourth-order valence-electron chi connectivity index (χ4n) is 10.7. The average Bonchev–Trinajstić information content (AvgIpc) is 1.37. The highest BCUT2D eigenvalue weighted by Gasteiger charge is 2.30. The SMILES string of the molecule is CCCCC/C=C\C/C=C\CCCCCCCC(=O)OC[C@H](COP(=O)(O)OC[C@@H](O)COP(=O)(O)OC[C@@H](COC(=O)CCCCCCCCCCCCCCC)OCCCCCCC/C=C\CCCCCCC=O)OC(=O)CCCCCCCCCCCCCCC. The number of hydrogen-bond donors (Lipinski definition) is 3. The third-order valence-electron chi connectivity index (χ3n) is 16.6. The maximum absolute atomic E-state index is 13.1. The van der Waals surface area contributed by atoms with Crippen LogP contribution in [-0.2, 0) is 65.4 Å². The summed E-state index contributed by atoms with van der Waals surface area (Å²) < 4.78 is 69.1. The summed E-state index contributed by atoms with van der Waals surface area (Å²) in [7, 11) is -9.78. The molecule has 552 valence electrons. The lowest BCUT2D eigenvalue weighted by Gasteiger charge is -2.21. The van der Waals surface area contributed by atoms with Gasteiger partial charge in [0.05, 0.1) is 26.4 Å². The van der Waals surface area contributed by atoms with E-state index in [2.05, 4.69) is 57.2 Å². The van der Waals surface area contributed by atoms with Crippen LogP contribution < -0.4 is 0 Å². The van der Waals surface area contributed by atoms with E-state index >= 15 is 0 Å². The molecule has 0 saturated heterocycles. The van der Waals surface area contributed by atoms with Crippen molar-refractivity contribution in [1.29, 1.82) is 0 Å². The number of ether oxygens (including phenoxy) is 4. The van der Waals surface area contributed by atoms with Crippen LogP contribution in [0, 0.1) is 0 Å². The Kier molecular flexibility index (Phi) is 68.4. The van der Waals surface area contributed by atoms with Crippen molar-refractivity contribution in [3.8, 4) is 0 Å². The normalized spacial score (nSPS) is 14.2. The van der Waals surface area contributed by atoms with Crippen molar-refractivity contribution in [3.63, 3.8) is 0 Å². The molecule has 0 bridgehead atoms. The molecular weight excluding hydrogens is 1230 g/mol. The van der Waals surface area contributed by atoms with E-state index in [-0.39, 0.29) is 25.9 Å². The first-order valence-electron chi connectivity index (χ1n) is 38.2. The summed E-state index contributed by atoms with van der Waals surface area (Å²) in [6, 6.07) is 0. The number of phosphoric ester groups is 2. The Labute approximate surface area is 573 Å². The van der Waals surface area contributed by atoms with Crippen LogP contribution in [0.3, 0.4) is 0 Å². The molecule has 0 aromatic carbocycles. The number of aliphatic hydroxyl groups is 1. The zero-order chi connectivity index (χ0) is 68.8. The lowest BCUT2D eigenvalue weighted by atomic mass is 10.0. The highest BCUT2D eigenvalue weighted by atomic mass is 31.2. The first kappa shape index (κ1) is 91.4. The quantitative estimate of drug-likeness (QED) is 0.0128. The van der Waals surface area contributed by atoms with Gasteiger partial charge < -0.3 is 38.6 Å². The van der Waals surface area contributed by atoms with Gasteiger partial charge >= 0.3 is 33.6 Å². The highest BCUT2D eigenvalue weighted by molar-refractivity contribution is 7.47. The summed E-state index contributed by atoms with van der Waals surface area (Å²) in [6.45, 7) is 3.54. The van der Waals surface area contributed by atoms with Crippen LogP contribution in [0.5, 0.6) is 0 Å².